The molecule has 0 aliphatic rings. The molecular formula is C15H15ClN2O2. The summed E-state index contributed by atoms with van der Waals surface area (Å²) in [6.07, 6.45) is 0. The fraction of sp³-hybridized carbons (Fsp3) is 0.133. The molecule has 2 N–H and O–H groups in total. The highest BCUT2D eigenvalue weighted by atomic mass is 35.5. The summed E-state index contributed by atoms with van der Waals surface area (Å²) in [4.78, 5) is 14.0. The van der Waals surface area contributed by atoms with Crippen LogP contribution in [-0.4, -0.2) is 25.1 Å². The molecule has 0 unspecified atom stereocenters. The van der Waals surface area contributed by atoms with Crippen LogP contribution in [0.1, 0.15) is 10.4 Å². The second-order valence-electron chi connectivity index (χ2n) is 4.56. The molecule has 0 aliphatic carbocycles. The summed E-state index contributed by atoms with van der Waals surface area (Å²) < 4.78 is 0. The zero-order valence-electron chi connectivity index (χ0n) is 11.2. The molecule has 2 aromatic carbocycles. The minimum atomic E-state index is -0.400. The Labute approximate surface area is 122 Å². The van der Waals surface area contributed by atoms with Crippen molar-refractivity contribution in [3.05, 3.63) is 53.1 Å². The van der Waals surface area contributed by atoms with Gasteiger partial charge in [0, 0.05) is 30.5 Å². The zero-order valence-corrected chi connectivity index (χ0v) is 12.0. The van der Waals surface area contributed by atoms with E-state index in [2.05, 4.69) is 5.32 Å². The molecule has 0 aliphatic heterocycles. The van der Waals surface area contributed by atoms with Gasteiger partial charge in [0.2, 0.25) is 0 Å². The first kappa shape index (κ1) is 14.2. The van der Waals surface area contributed by atoms with Gasteiger partial charge in [-0.3, -0.25) is 4.79 Å². The number of phenolic OH excluding ortho intramolecular Hbond substituents is 1. The largest absolute Gasteiger partial charge is 0.507 e. The average molecular weight is 291 g/mol. The molecule has 0 saturated heterocycles. The van der Waals surface area contributed by atoms with Crippen molar-refractivity contribution in [1.82, 2.24) is 0 Å². The SMILES string of the molecule is CN(C)c1ccc(NC(=O)c2cc(Cl)ccc2O)cc1. The highest BCUT2D eigenvalue weighted by molar-refractivity contribution is 6.31. The van der Waals surface area contributed by atoms with Crippen LogP contribution in [0.5, 0.6) is 5.75 Å². The van der Waals surface area contributed by atoms with Gasteiger partial charge in [0.1, 0.15) is 5.75 Å². The van der Waals surface area contributed by atoms with Crippen molar-refractivity contribution in [3.63, 3.8) is 0 Å². The highest BCUT2D eigenvalue weighted by Gasteiger charge is 2.12. The van der Waals surface area contributed by atoms with E-state index in [9.17, 15) is 9.90 Å². The van der Waals surface area contributed by atoms with E-state index in [0.717, 1.165) is 5.69 Å². The highest BCUT2D eigenvalue weighted by Crippen LogP contribution is 2.23. The monoisotopic (exact) mass is 290 g/mol. The van der Waals surface area contributed by atoms with Gasteiger partial charge in [0.15, 0.2) is 0 Å². The van der Waals surface area contributed by atoms with Gasteiger partial charge in [-0.25, -0.2) is 0 Å². The van der Waals surface area contributed by atoms with Crippen molar-refractivity contribution in [2.75, 3.05) is 24.3 Å². The molecule has 0 heterocycles. The van der Waals surface area contributed by atoms with Gasteiger partial charge in [-0.1, -0.05) is 11.6 Å². The predicted molar refractivity (Wildman–Crippen MR) is 81.8 cm³/mol. The molecule has 0 saturated carbocycles. The summed E-state index contributed by atoms with van der Waals surface area (Å²) in [6, 6.07) is 11.7. The van der Waals surface area contributed by atoms with Gasteiger partial charge >= 0.3 is 0 Å². The lowest BCUT2D eigenvalue weighted by Gasteiger charge is -2.13. The van der Waals surface area contributed by atoms with Gasteiger partial charge in [-0.05, 0) is 42.5 Å². The van der Waals surface area contributed by atoms with Crippen LogP contribution in [0.3, 0.4) is 0 Å². The summed E-state index contributed by atoms with van der Waals surface area (Å²) in [5.74, 6) is -0.501. The molecule has 0 radical (unpaired) electrons. The van der Waals surface area contributed by atoms with Crippen LogP contribution in [0.15, 0.2) is 42.5 Å². The number of nitrogens with one attached hydrogen (secondary N) is 1. The maximum absolute atomic E-state index is 12.1. The Balaban J connectivity index is 2.17. The topological polar surface area (TPSA) is 52.6 Å². The average Bonchev–Trinajstić information content (AvgIpc) is 2.42. The molecule has 0 aromatic heterocycles. The first-order valence-electron chi connectivity index (χ1n) is 6.04. The van der Waals surface area contributed by atoms with Gasteiger partial charge in [0.25, 0.3) is 5.91 Å². The standard InChI is InChI=1S/C15H15ClN2O2/c1-18(2)12-6-4-11(5-7-12)17-15(20)13-9-10(16)3-8-14(13)19/h3-9,19H,1-2H3,(H,17,20). The Morgan fingerprint density at radius 1 is 1.15 bits per heavy atom. The number of carbonyl (C=O) groups is 1. The van der Waals surface area contributed by atoms with E-state index in [4.69, 9.17) is 11.6 Å². The summed E-state index contributed by atoms with van der Waals surface area (Å²) >= 11 is 5.82. The Kier molecular flexibility index (Phi) is 4.15. The van der Waals surface area contributed by atoms with Crippen LogP contribution in [0, 0.1) is 0 Å². The van der Waals surface area contributed by atoms with Gasteiger partial charge < -0.3 is 15.3 Å². The molecule has 5 heteroatoms. The lowest BCUT2D eigenvalue weighted by molar-refractivity contribution is 0.102. The Morgan fingerprint density at radius 2 is 1.80 bits per heavy atom. The van der Waals surface area contributed by atoms with Crippen LogP contribution < -0.4 is 10.2 Å². The fourth-order valence-corrected chi connectivity index (χ4v) is 1.90. The molecule has 0 fully saturated rings. The lowest BCUT2D eigenvalue weighted by atomic mass is 10.2. The van der Waals surface area contributed by atoms with E-state index in [-0.39, 0.29) is 11.3 Å². The van der Waals surface area contributed by atoms with E-state index < -0.39 is 5.91 Å². The molecule has 0 bridgehead atoms. The third-order valence-corrected chi connectivity index (χ3v) is 3.08. The number of benzene rings is 2. The van der Waals surface area contributed by atoms with E-state index in [0.29, 0.717) is 10.7 Å². The van der Waals surface area contributed by atoms with Gasteiger partial charge in [-0.2, -0.15) is 0 Å². The van der Waals surface area contributed by atoms with Crippen LogP contribution in [0.25, 0.3) is 0 Å². The number of amides is 1. The van der Waals surface area contributed by atoms with Crippen LogP contribution in [-0.2, 0) is 0 Å². The summed E-state index contributed by atoms with van der Waals surface area (Å²) in [7, 11) is 3.88. The zero-order chi connectivity index (χ0) is 14.7. The fourth-order valence-electron chi connectivity index (χ4n) is 1.73. The van der Waals surface area contributed by atoms with Crippen molar-refractivity contribution in [3.8, 4) is 5.75 Å². The quantitative estimate of drug-likeness (QED) is 0.911. The number of carbonyl (C=O) groups excluding carboxylic acids is 1. The van der Waals surface area contributed by atoms with Crippen LogP contribution >= 0.6 is 11.6 Å². The molecule has 1 amide bonds. The first-order chi connectivity index (χ1) is 9.47. The molecule has 2 rings (SSSR count). The van der Waals surface area contributed by atoms with Crippen molar-refractivity contribution in [1.29, 1.82) is 0 Å². The Bertz CT molecular complexity index is 624. The summed E-state index contributed by atoms with van der Waals surface area (Å²) in [5, 5.41) is 12.8. The van der Waals surface area contributed by atoms with Crippen molar-refractivity contribution in [2.45, 2.75) is 0 Å². The number of anilines is 2. The van der Waals surface area contributed by atoms with E-state index in [1.807, 2.05) is 31.1 Å². The number of aromatic hydroxyl groups is 1. The maximum Gasteiger partial charge on any atom is 0.259 e. The van der Waals surface area contributed by atoms with Crippen molar-refractivity contribution in [2.24, 2.45) is 0 Å². The molecule has 20 heavy (non-hydrogen) atoms. The number of rotatable bonds is 3. The number of nitrogens with zero attached hydrogens (tertiary/aromatic N) is 1. The Hall–Kier alpha value is -2.20. The number of hydrogen-bond donors (Lipinski definition) is 2. The lowest BCUT2D eigenvalue weighted by Crippen LogP contribution is -2.12. The van der Waals surface area contributed by atoms with Crippen LogP contribution in [0.2, 0.25) is 5.02 Å². The van der Waals surface area contributed by atoms with Crippen LogP contribution in [0.4, 0.5) is 11.4 Å². The van der Waals surface area contributed by atoms with Crippen molar-refractivity contribution >= 4 is 28.9 Å². The third kappa shape index (κ3) is 3.22. The normalized spacial score (nSPS) is 10.2. The molecular weight excluding hydrogens is 276 g/mol. The molecule has 0 spiro atoms. The minimum Gasteiger partial charge on any atom is -0.507 e. The summed E-state index contributed by atoms with van der Waals surface area (Å²) in [5.41, 5.74) is 1.84. The number of halogens is 1. The van der Waals surface area contributed by atoms with E-state index in [1.54, 1.807) is 12.1 Å². The molecule has 104 valence electrons. The second-order valence-corrected chi connectivity index (χ2v) is 4.99. The Morgan fingerprint density at radius 3 is 2.40 bits per heavy atom. The first-order valence-corrected chi connectivity index (χ1v) is 6.42. The van der Waals surface area contributed by atoms with Crippen molar-refractivity contribution < 1.29 is 9.90 Å². The summed E-state index contributed by atoms with van der Waals surface area (Å²) in [6.45, 7) is 0. The smallest absolute Gasteiger partial charge is 0.259 e. The van der Waals surface area contributed by atoms with E-state index >= 15 is 0 Å². The van der Waals surface area contributed by atoms with Gasteiger partial charge in [0.05, 0.1) is 5.56 Å². The number of phenols is 1. The number of hydrogen-bond acceptors (Lipinski definition) is 3. The molecule has 4 nitrogen and oxygen atoms in total. The second kappa shape index (κ2) is 5.84. The molecule has 2 aromatic rings. The van der Waals surface area contributed by atoms with E-state index in [1.165, 1.54) is 18.2 Å². The maximum atomic E-state index is 12.1. The van der Waals surface area contributed by atoms with Gasteiger partial charge in [-0.15, -0.1) is 0 Å². The third-order valence-electron chi connectivity index (χ3n) is 2.84. The minimum absolute atomic E-state index is 0.100. The molecule has 0 atom stereocenters. The predicted octanol–water partition coefficient (Wildman–Crippen LogP) is 3.36.